The van der Waals surface area contributed by atoms with Gasteiger partial charge < -0.3 is 20.1 Å². The fourth-order valence-corrected chi connectivity index (χ4v) is 1.65. The molecule has 0 saturated carbocycles. The smallest absolute Gasteiger partial charge is 0.410 e. The van der Waals surface area contributed by atoms with E-state index in [1.54, 1.807) is 4.90 Å². The summed E-state index contributed by atoms with van der Waals surface area (Å²) in [4.78, 5) is 13.6. The minimum absolute atomic E-state index is 0.110. The Labute approximate surface area is 96.9 Å². The predicted octanol–water partition coefficient (Wildman–Crippen LogP) is 0.971. The lowest BCUT2D eigenvalue weighted by atomic mass is 10.2. The van der Waals surface area contributed by atoms with Gasteiger partial charge in [-0.1, -0.05) is 0 Å². The summed E-state index contributed by atoms with van der Waals surface area (Å²) in [5.74, 6) is 0. The molecule has 1 atom stereocenters. The normalized spacial score (nSPS) is 20.9. The van der Waals surface area contributed by atoms with Crippen LogP contribution in [0, 0.1) is 0 Å². The van der Waals surface area contributed by atoms with Crippen LogP contribution in [-0.4, -0.2) is 48.9 Å². The second-order valence-electron chi connectivity index (χ2n) is 4.98. The van der Waals surface area contributed by atoms with Gasteiger partial charge in [-0.3, -0.25) is 0 Å². The van der Waals surface area contributed by atoms with Crippen molar-refractivity contribution in [2.45, 2.75) is 38.8 Å². The van der Waals surface area contributed by atoms with Crippen LogP contribution in [0.3, 0.4) is 0 Å². The number of amides is 1. The molecule has 0 radical (unpaired) electrons. The molecule has 1 aliphatic rings. The Morgan fingerprint density at radius 2 is 2.25 bits per heavy atom. The van der Waals surface area contributed by atoms with Crippen molar-refractivity contribution in [2.75, 3.05) is 26.3 Å². The molecule has 2 N–H and O–H groups in total. The van der Waals surface area contributed by atoms with Gasteiger partial charge in [-0.15, -0.1) is 0 Å². The lowest BCUT2D eigenvalue weighted by molar-refractivity contribution is 0.0154. The van der Waals surface area contributed by atoms with Gasteiger partial charge in [0.05, 0.1) is 12.6 Å². The van der Waals surface area contributed by atoms with Crippen LogP contribution in [0.2, 0.25) is 0 Å². The summed E-state index contributed by atoms with van der Waals surface area (Å²) in [5, 5.41) is 0. The van der Waals surface area contributed by atoms with Gasteiger partial charge in [0.25, 0.3) is 0 Å². The molecular formula is C11H22N2O3. The van der Waals surface area contributed by atoms with Crippen molar-refractivity contribution in [3.8, 4) is 0 Å². The minimum atomic E-state index is -0.469. The molecule has 0 aromatic carbocycles. The van der Waals surface area contributed by atoms with E-state index in [2.05, 4.69) is 0 Å². The zero-order chi connectivity index (χ0) is 12.2. The first-order valence-electron chi connectivity index (χ1n) is 5.71. The zero-order valence-electron chi connectivity index (χ0n) is 10.4. The van der Waals surface area contributed by atoms with Gasteiger partial charge in [-0.25, -0.2) is 4.79 Å². The molecule has 1 heterocycles. The molecule has 1 rings (SSSR count). The third kappa shape index (κ3) is 3.98. The minimum Gasteiger partial charge on any atom is -0.444 e. The summed E-state index contributed by atoms with van der Waals surface area (Å²) in [6.45, 7) is 7.82. The van der Waals surface area contributed by atoms with E-state index < -0.39 is 5.60 Å². The standard InChI is InChI=1S/C11H22N2O3/c1-11(2,3)16-10(14)13(6-5-12)9-4-7-15-8-9/h9H,4-8,12H2,1-3H3. The Hall–Kier alpha value is -0.810. The lowest BCUT2D eigenvalue weighted by Crippen LogP contribution is -2.46. The molecule has 0 aliphatic carbocycles. The van der Waals surface area contributed by atoms with Gasteiger partial charge >= 0.3 is 6.09 Å². The van der Waals surface area contributed by atoms with Gasteiger partial charge in [-0.05, 0) is 27.2 Å². The van der Waals surface area contributed by atoms with Crippen molar-refractivity contribution >= 4 is 6.09 Å². The van der Waals surface area contributed by atoms with Gasteiger partial charge in [0.15, 0.2) is 0 Å². The van der Waals surface area contributed by atoms with Gasteiger partial charge in [0.1, 0.15) is 5.60 Å². The Kier molecular flexibility index (Phi) is 4.56. The molecule has 0 aromatic heterocycles. The van der Waals surface area contributed by atoms with E-state index in [4.69, 9.17) is 15.2 Å². The third-order valence-electron chi connectivity index (χ3n) is 2.34. The van der Waals surface area contributed by atoms with Gasteiger partial charge in [-0.2, -0.15) is 0 Å². The van der Waals surface area contributed by atoms with Gasteiger partial charge in [0, 0.05) is 19.7 Å². The van der Waals surface area contributed by atoms with E-state index in [0.717, 1.165) is 6.42 Å². The van der Waals surface area contributed by atoms with Crippen molar-refractivity contribution in [3.05, 3.63) is 0 Å². The molecule has 94 valence electrons. The van der Waals surface area contributed by atoms with E-state index in [0.29, 0.717) is 26.3 Å². The van der Waals surface area contributed by atoms with Crippen LogP contribution >= 0.6 is 0 Å². The first-order chi connectivity index (χ1) is 7.44. The van der Waals surface area contributed by atoms with E-state index >= 15 is 0 Å². The molecule has 1 saturated heterocycles. The average molecular weight is 230 g/mol. The number of hydrogen-bond acceptors (Lipinski definition) is 4. The van der Waals surface area contributed by atoms with Crippen LogP contribution in [0.25, 0.3) is 0 Å². The molecule has 5 nitrogen and oxygen atoms in total. The van der Waals surface area contributed by atoms with Crippen LogP contribution in [0.5, 0.6) is 0 Å². The van der Waals surface area contributed by atoms with Crippen LogP contribution in [-0.2, 0) is 9.47 Å². The van der Waals surface area contributed by atoms with Crippen molar-refractivity contribution in [1.29, 1.82) is 0 Å². The maximum absolute atomic E-state index is 11.9. The van der Waals surface area contributed by atoms with E-state index in [1.165, 1.54) is 0 Å². The first kappa shape index (κ1) is 13.3. The fourth-order valence-electron chi connectivity index (χ4n) is 1.65. The summed E-state index contributed by atoms with van der Waals surface area (Å²) in [6.07, 6.45) is 0.563. The van der Waals surface area contributed by atoms with Crippen LogP contribution in [0.15, 0.2) is 0 Å². The quantitative estimate of drug-likeness (QED) is 0.784. The monoisotopic (exact) mass is 230 g/mol. The summed E-state index contributed by atoms with van der Waals surface area (Å²) in [7, 11) is 0. The highest BCUT2D eigenvalue weighted by Crippen LogP contribution is 2.16. The number of ether oxygens (including phenoxy) is 2. The van der Waals surface area contributed by atoms with Crippen molar-refractivity contribution in [1.82, 2.24) is 4.90 Å². The summed E-state index contributed by atoms with van der Waals surface area (Å²) >= 11 is 0. The third-order valence-corrected chi connectivity index (χ3v) is 2.34. The number of nitrogens with zero attached hydrogens (tertiary/aromatic N) is 1. The van der Waals surface area contributed by atoms with Crippen molar-refractivity contribution in [3.63, 3.8) is 0 Å². The molecule has 16 heavy (non-hydrogen) atoms. The second-order valence-corrected chi connectivity index (χ2v) is 4.98. The number of rotatable bonds is 3. The zero-order valence-corrected chi connectivity index (χ0v) is 10.4. The molecule has 0 bridgehead atoms. The van der Waals surface area contributed by atoms with Crippen LogP contribution < -0.4 is 5.73 Å². The highest BCUT2D eigenvalue weighted by molar-refractivity contribution is 5.68. The Balaban J connectivity index is 2.57. The topological polar surface area (TPSA) is 64.8 Å². The Bertz CT molecular complexity index is 232. The van der Waals surface area contributed by atoms with E-state index in [-0.39, 0.29) is 12.1 Å². The van der Waals surface area contributed by atoms with Crippen molar-refractivity contribution in [2.24, 2.45) is 5.73 Å². The summed E-state index contributed by atoms with van der Waals surface area (Å²) < 4.78 is 10.6. The Morgan fingerprint density at radius 1 is 1.56 bits per heavy atom. The summed E-state index contributed by atoms with van der Waals surface area (Å²) in [5.41, 5.74) is 5.04. The number of nitrogens with two attached hydrogens (primary N) is 1. The van der Waals surface area contributed by atoms with Crippen molar-refractivity contribution < 1.29 is 14.3 Å². The lowest BCUT2D eigenvalue weighted by Gasteiger charge is -2.30. The molecule has 0 aromatic rings. The van der Waals surface area contributed by atoms with E-state index in [9.17, 15) is 4.79 Å². The SMILES string of the molecule is CC(C)(C)OC(=O)N(CCN)C1CCOC1. The average Bonchev–Trinajstić information content (AvgIpc) is 2.63. The molecule has 0 spiro atoms. The Morgan fingerprint density at radius 3 is 2.69 bits per heavy atom. The van der Waals surface area contributed by atoms with Crippen LogP contribution in [0.4, 0.5) is 4.79 Å². The predicted molar refractivity (Wildman–Crippen MR) is 61.2 cm³/mol. The maximum Gasteiger partial charge on any atom is 0.410 e. The molecule has 5 heteroatoms. The maximum atomic E-state index is 11.9. The first-order valence-corrected chi connectivity index (χ1v) is 5.71. The molecule has 1 amide bonds. The van der Waals surface area contributed by atoms with Crippen LogP contribution in [0.1, 0.15) is 27.2 Å². The summed E-state index contributed by atoms with van der Waals surface area (Å²) in [6, 6.07) is 0.110. The number of hydrogen-bond donors (Lipinski definition) is 1. The second kappa shape index (κ2) is 5.50. The number of carbonyl (C=O) groups excluding carboxylic acids is 1. The number of carbonyl (C=O) groups is 1. The molecule has 1 fully saturated rings. The van der Waals surface area contributed by atoms with Gasteiger partial charge in [0.2, 0.25) is 0 Å². The fraction of sp³-hybridized carbons (Fsp3) is 0.909. The largest absolute Gasteiger partial charge is 0.444 e. The molecule has 1 aliphatic heterocycles. The molecule has 1 unspecified atom stereocenters. The highest BCUT2D eigenvalue weighted by atomic mass is 16.6. The molecular weight excluding hydrogens is 208 g/mol. The van der Waals surface area contributed by atoms with E-state index in [1.807, 2.05) is 20.8 Å². The highest BCUT2D eigenvalue weighted by Gasteiger charge is 2.30.